The number of anilines is 1. The summed E-state index contributed by atoms with van der Waals surface area (Å²) in [6.45, 7) is 1.90. The highest BCUT2D eigenvalue weighted by Crippen LogP contribution is 2.30. The highest BCUT2D eigenvalue weighted by Gasteiger charge is 2.34. The van der Waals surface area contributed by atoms with Crippen molar-refractivity contribution in [3.8, 4) is 0 Å². The van der Waals surface area contributed by atoms with Crippen LogP contribution in [0.4, 0.5) is 5.13 Å². The number of nitrogens with zero attached hydrogens (tertiary/aromatic N) is 2. The summed E-state index contributed by atoms with van der Waals surface area (Å²) in [5.41, 5.74) is 0.425. The molecular formula is C16H15Cl2N3O2S. The lowest BCUT2D eigenvalue weighted by Crippen LogP contribution is -2.39. The Hall–Kier alpha value is -1.63. The minimum absolute atomic E-state index is 0.0115. The van der Waals surface area contributed by atoms with Gasteiger partial charge in [-0.15, -0.1) is 11.3 Å². The van der Waals surface area contributed by atoms with Crippen LogP contribution in [-0.4, -0.2) is 34.3 Å². The fourth-order valence-corrected chi connectivity index (χ4v) is 3.25. The second-order valence-electron chi connectivity index (χ2n) is 5.62. The van der Waals surface area contributed by atoms with Gasteiger partial charge in [-0.3, -0.25) is 9.59 Å². The van der Waals surface area contributed by atoms with Crippen LogP contribution in [0, 0.1) is 6.92 Å². The van der Waals surface area contributed by atoms with E-state index < -0.39 is 0 Å². The third-order valence-corrected chi connectivity index (χ3v) is 5.16. The fraction of sp³-hybridized carbons (Fsp3) is 0.312. The highest BCUT2D eigenvalue weighted by molar-refractivity contribution is 7.15. The molecule has 1 N–H and O–H groups in total. The number of aryl methyl sites for hydroxylation is 1. The van der Waals surface area contributed by atoms with Gasteiger partial charge in [0.1, 0.15) is 6.54 Å². The van der Waals surface area contributed by atoms with E-state index in [1.54, 1.807) is 23.2 Å². The number of hydrogen-bond donors (Lipinski definition) is 1. The van der Waals surface area contributed by atoms with Gasteiger partial charge in [-0.05, 0) is 38.0 Å². The molecule has 1 saturated carbocycles. The fourth-order valence-electron chi connectivity index (χ4n) is 2.27. The van der Waals surface area contributed by atoms with E-state index in [1.807, 2.05) is 6.92 Å². The van der Waals surface area contributed by atoms with E-state index >= 15 is 0 Å². The highest BCUT2D eigenvalue weighted by atomic mass is 35.5. The quantitative estimate of drug-likeness (QED) is 0.848. The van der Waals surface area contributed by atoms with E-state index in [1.165, 1.54) is 17.4 Å². The minimum atomic E-state index is -0.260. The van der Waals surface area contributed by atoms with Crippen LogP contribution in [0.25, 0.3) is 0 Å². The first-order chi connectivity index (χ1) is 11.4. The number of amides is 2. The molecule has 0 bridgehead atoms. The van der Waals surface area contributed by atoms with Gasteiger partial charge in [0.05, 0.1) is 10.0 Å². The van der Waals surface area contributed by atoms with E-state index in [-0.39, 0.29) is 24.4 Å². The third kappa shape index (κ3) is 4.06. The zero-order chi connectivity index (χ0) is 17.3. The smallest absolute Gasteiger partial charge is 0.254 e. The van der Waals surface area contributed by atoms with Gasteiger partial charge >= 0.3 is 0 Å². The summed E-state index contributed by atoms with van der Waals surface area (Å²) in [4.78, 5) is 31.6. The van der Waals surface area contributed by atoms with Gasteiger partial charge in [0.2, 0.25) is 5.91 Å². The van der Waals surface area contributed by atoms with Crippen molar-refractivity contribution in [1.82, 2.24) is 9.88 Å². The van der Waals surface area contributed by atoms with Crippen LogP contribution in [0.2, 0.25) is 10.0 Å². The molecule has 126 valence electrons. The number of hydrogen-bond acceptors (Lipinski definition) is 4. The van der Waals surface area contributed by atoms with E-state index in [0.29, 0.717) is 20.7 Å². The molecule has 5 nitrogen and oxygen atoms in total. The minimum Gasteiger partial charge on any atom is -0.326 e. The van der Waals surface area contributed by atoms with Crippen LogP contribution >= 0.6 is 34.5 Å². The SMILES string of the molecule is Cc1cnc(NC(=O)CN(C(=O)c2ccc(Cl)c(Cl)c2)C2CC2)s1. The topological polar surface area (TPSA) is 62.3 Å². The molecule has 1 aromatic carbocycles. The largest absolute Gasteiger partial charge is 0.326 e. The Bertz CT molecular complexity index is 789. The van der Waals surface area contributed by atoms with Gasteiger partial charge in [0, 0.05) is 22.7 Å². The van der Waals surface area contributed by atoms with Gasteiger partial charge < -0.3 is 10.2 Å². The predicted molar refractivity (Wildman–Crippen MR) is 96.0 cm³/mol. The first kappa shape index (κ1) is 17.2. The van der Waals surface area contributed by atoms with Crippen molar-refractivity contribution in [2.75, 3.05) is 11.9 Å². The van der Waals surface area contributed by atoms with Crippen LogP contribution in [0.1, 0.15) is 28.1 Å². The summed E-state index contributed by atoms with van der Waals surface area (Å²) in [6.07, 6.45) is 3.49. The second-order valence-corrected chi connectivity index (χ2v) is 7.67. The standard InChI is InChI=1S/C16H15Cl2N3O2S/c1-9-7-19-16(24-9)20-14(22)8-21(11-3-4-11)15(23)10-2-5-12(17)13(18)6-10/h2,5-7,11H,3-4,8H2,1H3,(H,19,20,22). The lowest BCUT2D eigenvalue weighted by molar-refractivity contribution is -0.117. The average molecular weight is 384 g/mol. The van der Waals surface area contributed by atoms with E-state index in [2.05, 4.69) is 10.3 Å². The molecule has 1 aliphatic carbocycles. The summed E-state index contributed by atoms with van der Waals surface area (Å²) in [5.74, 6) is -0.480. The molecule has 2 aromatic rings. The third-order valence-electron chi connectivity index (χ3n) is 3.60. The maximum atomic E-state index is 12.7. The summed E-state index contributed by atoms with van der Waals surface area (Å²) in [5, 5.41) is 3.98. The van der Waals surface area contributed by atoms with Gasteiger partial charge in [0.25, 0.3) is 5.91 Å². The monoisotopic (exact) mass is 383 g/mol. The van der Waals surface area contributed by atoms with E-state index in [0.717, 1.165) is 17.7 Å². The van der Waals surface area contributed by atoms with E-state index in [4.69, 9.17) is 23.2 Å². The van der Waals surface area contributed by atoms with E-state index in [9.17, 15) is 9.59 Å². The molecule has 24 heavy (non-hydrogen) atoms. The number of aromatic nitrogens is 1. The Morgan fingerprint density at radius 3 is 2.67 bits per heavy atom. The Balaban J connectivity index is 1.71. The average Bonchev–Trinajstić information content (AvgIpc) is 3.30. The van der Waals surface area contributed by atoms with Gasteiger partial charge in [-0.25, -0.2) is 4.98 Å². The number of rotatable bonds is 5. The van der Waals surface area contributed by atoms with Crippen LogP contribution in [0.15, 0.2) is 24.4 Å². The van der Waals surface area contributed by atoms with Gasteiger partial charge in [-0.2, -0.15) is 0 Å². The van der Waals surface area contributed by atoms with Crippen molar-refractivity contribution in [2.24, 2.45) is 0 Å². The number of carbonyl (C=O) groups is 2. The van der Waals surface area contributed by atoms with Crippen LogP contribution in [0.5, 0.6) is 0 Å². The lowest BCUT2D eigenvalue weighted by atomic mass is 10.2. The molecule has 2 amide bonds. The van der Waals surface area contributed by atoms with Crippen molar-refractivity contribution in [1.29, 1.82) is 0 Å². The first-order valence-corrected chi connectivity index (χ1v) is 8.99. The Kier molecular flexibility index (Phi) is 5.08. The predicted octanol–water partition coefficient (Wildman–Crippen LogP) is 4.00. The summed E-state index contributed by atoms with van der Waals surface area (Å²) in [6, 6.07) is 4.83. The van der Waals surface area contributed by atoms with Crippen molar-refractivity contribution in [2.45, 2.75) is 25.8 Å². The molecular weight excluding hydrogens is 369 g/mol. The molecule has 0 saturated heterocycles. The van der Waals surface area contributed by atoms with Crippen LogP contribution in [-0.2, 0) is 4.79 Å². The molecule has 0 atom stereocenters. The zero-order valence-electron chi connectivity index (χ0n) is 12.9. The number of nitrogens with one attached hydrogen (secondary N) is 1. The molecule has 3 rings (SSSR count). The number of halogens is 2. The molecule has 1 fully saturated rings. The maximum Gasteiger partial charge on any atom is 0.254 e. The van der Waals surface area contributed by atoms with Crippen LogP contribution < -0.4 is 5.32 Å². The number of carbonyl (C=O) groups excluding carboxylic acids is 2. The van der Waals surface area contributed by atoms with Crippen molar-refractivity contribution < 1.29 is 9.59 Å². The molecule has 0 radical (unpaired) electrons. The number of thiazole rings is 1. The summed E-state index contributed by atoms with van der Waals surface area (Å²) >= 11 is 13.3. The van der Waals surface area contributed by atoms with Crippen molar-refractivity contribution in [3.63, 3.8) is 0 Å². The Morgan fingerprint density at radius 2 is 2.08 bits per heavy atom. The van der Waals surface area contributed by atoms with Crippen molar-refractivity contribution in [3.05, 3.63) is 44.9 Å². The molecule has 1 heterocycles. The second kappa shape index (κ2) is 7.09. The zero-order valence-corrected chi connectivity index (χ0v) is 15.2. The maximum absolute atomic E-state index is 12.7. The molecule has 8 heteroatoms. The number of benzene rings is 1. The van der Waals surface area contributed by atoms with Crippen molar-refractivity contribution >= 4 is 51.5 Å². The van der Waals surface area contributed by atoms with Crippen LogP contribution in [0.3, 0.4) is 0 Å². The van der Waals surface area contributed by atoms with Gasteiger partial charge in [0.15, 0.2) is 5.13 Å². The first-order valence-electron chi connectivity index (χ1n) is 7.42. The lowest BCUT2D eigenvalue weighted by Gasteiger charge is -2.22. The molecule has 1 aliphatic rings. The Labute approximate surface area is 153 Å². The Morgan fingerprint density at radius 1 is 1.33 bits per heavy atom. The normalized spacial score (nSPS) is 13.6. The molecule has 0 unspecified atom stereocenters. The molecule has 1 aromatic heterocycles. The molecule has 0 aliphatic heterocycles. The summed E-state index contributed by atoms with van der Waals surface area (Å²) in [7, 11) is 0. The van der Waals surface area contributed by atoms with Gasteiger partial charge in [-0.1, -0.05) is 23.2 Å². The molecule has 0 spiro atoms. The summed E-state index contributed by atoms with van der Waals surface area (Å²) < 4.78 is 0.